The number of oxazole rings is 1. The normalized spacial score (nSPS) is 13.7. The third-order valence-electron chi connectivity index (χ3n) is 5.43. The van der Waals surface area contributed by atoms with E-state index < -0.39 is 0 Å². The largest absolute Gasteiger partial charge is 0.423 e. The van der Waals surface area contributed by atoms with E-state index in [4.69, 9.17) is 9.40 Å². The number of hydrogen-bond acceptors (Lipinski definition) is 8. The maximum absolute atomic E-state index is 13.1. The van der Waals surface area contributed by atoms with Gasteiger partial charge in [0.25, 0.3) is 6.01 Å². The van der Waals surface area contributed by atoms with E-state index in [0.717, 1.165) is 33.8 Å². The molecule has 3 heterocycles. The molecule has 0 bridgehead atoms. The van der Waals surface area contributed by atoms with Crippen molar-refractivity contribution in [3.05, 3.63) is 64.0 Å². The summed E-state index contributed by atoms with van der Waals surface area (Å²) in [6, 6.07) is 15.5. The maximum Gasteiger partial charge on any atom is 0.355 e. The van der Waals surface area contributed by atoms with Crippen molar-refractivity contribution in [1.82, 2.24) is 19.5 Å². The Morgan fingerprint density at radius 2 is 1.94 bits per heavy atom. The van der Waals surface area contributed by atoms with E-state index in [1.54, 1.807) is 15.9 Å². The Morgan fingerprint density at radius 3 is 2.72 bits per heavy atom. The molecule has 0 unspecified atom stereocenters. The second-order valence-corrected chi connectivity index (χ2v) is 9.12. The molecule has 1 aliphatic carbocycles. The Hall–Kier alpha value is -3.72. The summed E-state index contributed by atoms with van der Waals surface area (Å²) in [7, 11) is 3.79. The van der Waals surface area contributed by atoms with Crippen molar-refractivity contribution in [3.63, 3.8) is 0 Å². The molecule has 3 aromatic heterocycles. The SMILES string of the molecule is CN(C)c1nc(=O)n(-c2cccc(Nc3nc4ccccc4o3)c2)c2nc(C3CC3)sc12. The minimum absolute atomic E-state index is 0.354. The van der Waals surface area contributed by atoms with Crippen molar-refractivity contribution in [2.45, 2.75) is 18.8 Å². The van der Waals surface area contributed by atoms with E-state index in [9.17, 15) is 4.79 Å². The van der Waals surface area contributed by atoms with E-state index in [0.29, 0.717) is 34.7 Å². The number of benzene rings is 2. The number of aromatic nitrogens is 4. The van der Waals surface area contributed by atoms with Crippen molar-refractivity contribution in [1.29, 1.82) is 0 Å². The molecule has 0 saturated heterocycles. The summed E-state index contributed by atoms with van der Waals surface area (Å²) in [6.07, 6.45) is 2.30. The van der Waals surface area contributed by atoms with Crippen molar-refractivity contribution in [2.75, 3.05) is 24.3 Å². The van der Waals surface area contributed by atoms with Crippen LogP contribution in [-0.2, 0) is 0 Å². The van der Waals surface area contributed by atoms with Crippen molar-refractivity contribution in [2.24, 2.45) is 0 Å². The fourth-order valence-corrected chi connectivity index (χ4v) is 5.01. The third-order valence-corrected chi connectivity index (χ3v) is 6.64. The van der Waals surface area contributed by atoms with Crippen LogP contribution >= 0.6 is 11.3 Å². The van der Waals surface area contributed by atoms with E-state index in [2.05, 4.69) is 15.3 Å². The quantitative estimate of drug-likeness (QED) is 0.421. The Morgan fingerprint density at radius 1 is 1.09 bits per heavy atom. The molecule has 160 valence electrons. The van der Waals surface area contributed by atoms with Crippen LogP contribution < -0.4 is 15.9 Å². The van der Waals surface area contributed by atoms with Gasteiger partial charge in [0, 0.05) is 25.7 Å². The molecule has 0 atom stereocenters. The molecule has 2 aromatic carbocycles. The van der Waals surface area contributed by atoms with Gasteiger partial charge in [-0.2, -0.15) is 9.97 Å². The first-order chi connectivity index (χ1) is 15.6. The summed E-state index contributed by atoms with van der Waals surface area (Å²) in [6.45, 7) is 0. The fraction of sp³-hybridized carbons (Fsp3) is 0.217. The molecule has 9 heteroatoms. The molecule has 5 aromatic rings. The highest BCUT2D eigenvalue weighted by Gasteiger charge is 2.29. The predicted molar refractivity (Wildman–Crippen MR) is 127 cm³/mol. The molecule has 8 nitrogen and oxygen atoms in total. The number of fused-ring (bicyclic) bond motifs is 2. The van der Waals surface area contributed by atoms with E-state index >= 15 is 0 Å². The number of hydrogen-bond donors (Lipinski definition) is 1. The smallest absolute Gasteiger partial charge is 0.355 e. The summed E-state index contributed by atoms with van der Waals surface area (Å²) in [4.78, 5) is 28.6. The Labute approximate surface area is 187 Å². The van der Waals surface area contributed by atoms with Gasteiger partial charge in [-0.15, -0.1) is 11.3 Å². The summed E-state index contributed by atoms with van der Waals surface area (Å²) < 4.78 is 8.28. The Kier molecular flexibility index (Phi) is 4.25. The zero-order chi connectivity index (χ0) is 21.8. The monoisotopic (exact) mass is 444 g/mol. The summed E-state index contributed by atoms with van der Waals surface area (Å²) in [5.74, 6) is 1.16. The van der Waals surface area contributed by atoms with Gasteiger partial charge in [0.1, 0.15) is 10.2 Å². The van der Waals surface area contributed by atoms with Gasteiger partial charge in [-0.1, -0.05) is 18.2 Å². The second-order valence-electron chi connectivity index (χ2n) is 8.09. The van der Waals surface area contributed by atoms with Crippen LogP contribution in [0.2, 0.25) is 0 Å². The lowest BCUT2D eigenvalue weighted by Gasteiger charge is -2.14. The summed E-state index contributed by atoms with van der Waals surface area (Å²) in [5.41, 5.74) is 3.23. The lowest BCUT2D eigenvalue weighted by Crippen LogP contribution is -2.25. The second kappa shape index (κ2) is 7.16. The van der Waals surface area contributed by atoms with Gasteiger partial charge in [0.15, 0.2) is 17.0 Å². The van der Waals surface area contributed by atoms with Crippen LogP contribution in [0, 0.1) is 0 Å². The van der Waals surface area contributed by atoms with Crippen LogP contribution in [0.15, 0.2) is 57.7 Å². The third kappa shape index (κ3) is 3.21. The first-order valence-electron chi connectivity index (χ1n) is 10.4. The lowest BCUT2D eigenvalue weighted by atomic mass is 10.2. The van der Waals surface area contributed by atoms with Gasteiger partial charge in [-0.05, 0) is 43.2 Å². The molecule has 1 N–H and O–H groups in total. The van der Waals surface area contributed by atoms with Gasteiger partial charge >= 0.3 is 5.69 Å². The predicted octanol–water partition coefficient (Wildman–Crippen LogP) is 4.67. The molecule has 1 aliphatic rings. The summed E-state index contributed by atoms with van der Waals surface area (Å²) in [5, 5.41) is 4.27. The van der Waals surface area contributed by atoms with Gasteiger partial charge in [0.2, 0.25) is 0 Å². The molecule has 0 aliphatic heterocycles. The Balaban J connectivity index is 1.45. The van der Waals surface area contributed by atoms with Crippen LogP contribution in [0.5, 0.6) is 0 Å². The zero-order valence-electron chi connectivity index (χ0n) is 17.6. The number of anilines is 3. The number of thiazole rings is 1. The van der Waals surface area contributed by atoms with Gasteiger partial charge < -0.3 is 14.6 Å². The van der Waals surface area contributed by atoms with Gasteiger partial charge in [-0.25, -0.2) is 14.3 Å². The average Bonchev–Trinajstić information content (AvgIpc) is 3.40. The topological polar surface area (TPSA) is 89.1 Å². The maximum atomic E-state index is 13.1. The lowest BCUT2D eigenvalue weighted by molar-refractivity contribution is 0.623. The molecule has 1 saturated carbocycles. The van der Waals surface area contributed by atoms with Crippen molar-refractivity contribution >= 4 is 50.3 Å². The zero-order valence-corrected chi connectivity index (χ0v) is 18.4. The number of nitrogens with zero attached hydrogens (tertiary/aromatic N) is 5. The van der Waals surface area contributed by atoms with Crippen molar-refractivity contribution in [3.8, 4) is 5.69 Å². The fourth-order valence-electron chi connectivity index (χ4n) is 3.72. The minimum atomic E-state index is -0.354. The number of rotatable bonds is 5. The molecule has 0 radical (unpaired) electrons. The molecule has 0 spiro atoms. The number of para-hydroxylation sites is 2. The molecule has 6 rings (SSSR count). The first kappa shape index (κ1) is 19.0. The van der Waals surface area contributed by atoms with E-state index in [1.165, 1.54) is 0 Å². The van der Waals surface area contributed by atoms with Crippen LogP contribution in [0.4, 0.5) is 17.5 Å². The molecular formula is C23H20N6O2S. The summed E-state index contributed by atoms with van der Waals surface area (Å²) >= 11 is 1.63. The first-order valence-corrected chi connectivity index (χ1v) is 11.2. The van der Waals surface area contributed by atoms with Crippen LogP contribution in [-0.4, -0.2) is 33.6 Å². The molecule has 32 heavy (non-hydrogen) atoms. The van der Waals surface area contributed by atoms with E-state index in [-0.39, 0.29) is 5.69 Å². The highest BCUT2D eigenvalue weighted by atomic mass is 32.1. The average molecular weight is 445 g/mol. The van der Waals surface area contributed by atoms with Crippen LogP contribution in [0.25, 0.3) is 27.1 Å². The highest BCUT2D eigenvalue weighted by molar-refractivity contribution is 7.19. The van der Waals surface area contributed by atoms with Gasteiger partial charge in [-0.3, -0.25) is 0 Å². The molecular weight excluding hydrogens is 424 g/mol. The van der Waals surface area contributed by atoms with Crippen LogP contribution in [0.3, 0.4) is 0 Å². The molecule has 1 fully saturated rings. The van der Waals surface area contributed by atoms with E-state index in [1.807, 2.05) is 67.5 Å². The molecule has 0 amide bonds. The Bertz CT molecular complexity index is 1500. The van der Waals surface area contributed by atoms with Crippen molar-refractivity contribution < 1.29 is 4.42 Å². The highest BCUT2D eigenvalue weighted by Crippen LogP contribution is 2.44. The minimum Gasteiger partial charge on any atom is -0.423 e. The number of nitrogens with one attached hydrogen (secondary N) is 1. The standard InChI is InChI=1S/C23H20N6O2S/c1-28(2)19-18-20(26-21(32-18)13-10-11-13)29(23(30)27-19)15-7-5-6-14(12-15)24-22-25-16-8-3-4-9-17(16)31-22/h3-9,12-13H,10-11H2,1-2H3,(H,24,25). The van der Waals surface area contributed by atoms with Gasteiger partial charge in [0.05, 0.1) is 10.7 Å². The van der Waals surface area contributed by atoms with Crippen LogP contribution in [0.1, 0.15) is 23.8 Å².